The first-order valence-electron chi connectivity index (χ1n) is 12.2. The maximum atomic E-state index is 6.16. The van der Waals surface area contributed by atoms with Crippen molar-refractivity contribution in [3.05, 3.63) is 0 Å². The summed E-state index contributed by atoms with van der Waals surface area (Å²) in [5, 5.41) is 9.97. The lowest BCUT2D eigenvalue weighted by Gasteiger charge is -2.35. The van der Waals surface area contributed by atoms with Crippen LogP contribution in [0.1, 0.15) is 51.4 Å². The van der Waals surface area contributed by atoms with Crippen LogP contribution in [0.2, 0.25) is 0 Å². The number of nitrogens with one attached hydrogen (secondary N) is 4. The predicted octanol–water partition coefficient (Wildman–Crippen LogP) is -1.79. The normalized spacial score (nSPS) is 43.7. The smallest absolute Gasteiger partial charge is 0.183 e. The van der Waals surface area contributed by atoms with Crippen LogP contribution < -0.4 is 26.3 Å². The SMILES string of the molecule is C1CCN(C2CC(C3NOC([C@@H]4CCC[NH+]4CC4CCNCC4)N3)CC[NH2+]2)C1. The van der Waals surface area contributed by atoms with Crippen LogP contribution in [0.4, 0.5) is 0 Å². The summed E-state index contributed by atoms with van der Waals surface area (Å²) in [6.45, 7) is 8.95. The van der Waals surface area contributed by atoms with Gasteiger partial charge in [0.25, 0.3) is 0 Å². The Kier molecular flexibility index (Phi) is 6.50. The van der Waals surface area contributed by atoms with E-state index in [9.17, 15) is 0 Å². The molecule has 0 aromatic rings. The Morgan fingerprint density at radius 3 is 2.75 bits per heavy atom. The van der Waals surface area contributed by atoms with Crippen LogP contribution >= 0.6 is 0 Å². The molecule has 0 aromatic heterocycles. The van der Waals surface area contributed by atoms with Gasteiger partial charge in [0, 0.05) is 50.6 Å². The fourth-order valence-electron chi connectivity index (χ4n) is 6.54. The van der Waals surface area contributed by atoms with Crippen molar-refractivity contribution >= 4 is 0 Å². The number of nitrogens with two attached hydrogens (primary N) is 1. The van der Waals surface area contributed by atoms with Crippen molar-refractivity contribution in [2.75, 3.05) is 45.8 Å². The summed E-state index contributed by atoms with van der Waals surface area (Å²) in [5.41, 5.74) is 3.42. The Bertz CT molecular complexity index is 495. The molecule has 0 bridgehead atoms. The van der Waals surface area contributed by atoms with Gasteiger partial charge in [-0.2, -0.15) is 5.48 Å². The van der Waals surface area contributed by atoms with E-state index in [1.165, 1.54) is 97.2 Å². The molecule has 5 fully saturated rings. The van der Waals surface area contributed by atoms with Crippen molar-refractivity contribution in [1.29, 1.82) is 0 Å². The van der Waals surface area contributed by atoms with Crippen molar-refractivity contribution in [2.24, 2.45) is 11.8 Å². The van der Waals surface area contributed by atoms with E-state index >= 15 is 0 Å². The number of quaternary nitrogens is 2. The molecule has 5 unspecified atom stereocenters. The molecule has 0 amide bonds. The van der Waals surface area contributed by atoms with Crippen molar-refractivity contribution in [2.45, 2.75) is 76.0 Å². The van der Waals surface area contributed by atoms with Crippen molar-refractivity contribution < 1.29 is 15.1 Å². The Hall–Kier alpha value is -0.280. The van der Waals surface area contributed by atoms with Gasteiger partial charge in [-0.15, -0.1) is 0 Å². The molecule has 5 saturated heterocycles. The molecule has 0 spiro atoms. The molecule has 28 heavy (non-hydrogen) atoms. The zero-order valence-electron chi connectivity index (χ0n) is 17.5. The average Bonchev–Trinajstić information content (AvgIpc) is 3.50. The highest BCUT2D eigenvalue weighted by Crippen LogP contribution is 2.23. The molecule has 0 aromatic carbocycles. The van der Waals surface area contributed by atoms with Gasteiger partial charge in [0.05, 0.1) is 25.8 Å². The summed E-state index contributed by atoms with van der Waals surface area (Å²) in [5.74, 6) is 1.59. The first-order chi connectivity index (χ1) is 13.9. The number of hydrogen-bond donors (Lipinski definition) is 5. The highest BCUT2D eigenvalue weighted by atomic mass is 16.7. The highest BCUT2D eigenvalue weighted by Gasteiger charge is 2.44. The van der Waals surface area contributed by atoms with E-state index in [0.29, 0.717) is 24.3 Å². The van der Waals surface area contributed by atoms with Gasteiger partial charge in [0.15, 0.2) is 6.23 Å². The van der Waals surface area contributed by atoms with Crippen molar-refractivity contribution in [3.8, 4) is 0 Å². The molecular weight excluding hydrogens is 352 g/mol. The second kappa shape index (κ2) is 9.25. The Balaban J connectivity index is 1.14. The molecule has 5 heterocycles. The molecule has 7 heteroatoms. The number of hydroxylamine groups is 1. The molecule has 5 aliphatic rings. The fourth-order valence-corrected chi connectivity index (χ4v) is 6.54. The van der Waals surface area contributed by atoms with Crippen LogP contribution in [0.15, 0.2) is 0 Å². The quantitative estimate of drug-likeness (QED) is 0.381. The van der Waals surface area contributed by atoms with Crippen LogP contribution in [0.3, 0.4) is 0 Å². The van der Waals surface area contributed by atoms with E-state index in [-0.39, 0.29) is 6.23 Å². The standard InChI is InChI=1S/C21H40N6O/c1-2-12-26(11-1)19-14-17(7-10-23-19)20-24-21(28-25-20)18-4-3-13-27(18)15-16-5-8-22-9-6-16/h16-25H,1-15H2/p+2/t17?,18-,19?,20?,21?/m0/s1. The van der Waals surface area contributed by atoms with Gasteiger partial charge in [0.2, 0.25) is 0 Å². The second-order valence-electron chi connectivity index (χ2n) is 9.97. The number of likely N-dealkylation sites (tertiary alicyclic amines) is 2. The van der Waals surface area contributed by atoms with Gasteiger partial charge < -0.3 is 15.5 Å². The van der Waals surface area contributed by atoms with Crippen LogP contribution in [0.25, 0.3) is 0 Å². The van der Waals surface area contributed by atoms with Gasteiger partial charge in [-0.05, 0) is 38.8 Å². The number of rotatable bonds is 5. The molecule has 0 saturated carbocycles. The lowest BCUT2D eigenvalue weighted by Crippen LogP contribution is -3.16. The van der Waals surface area contributed by atoms with Gasteiger partial charge in [0.1, 0.15) is 12.2 Å². The topological polar surface area (TPSA) is 69.6 Å². The minimum absolute atomic E-state index is 0.195. The van der Waals surface area contributed by atoms with Crippen molar-refractivity contribution in [3.63, 3.8) is 0 Å². The van der Waals surface area contributed by atoms with Crippen LogP contribution in [-0.2, 0) is 4.84 Å². The van der Waals surface area contributed by atoms with E-state index in [2.05, 4.69) is 26.3 Å². The third kappa shape index (κ3) is 4.41. The maximum absolute atomic E-state index is 6.16. The Morgan fingerprint density at radius 2 is 1.89 bits per heavy atom. The molecule has 5 aliphatic heterocycles. The predicted molar refractivity (Wildman–Crippen MR) is 108 cm³/mol. The molecule has 6 atom stereocenters. The summed E-state index contributed by atoms with van der Waals surface area (Å²) in [7, 11) is 0. The molecule has 5 rings (SSSR count). The largest absolute Gasteiger partial charge is 0.331 e. The summed E-state index contributed by atoms with van der Waals surface area (Å²) in [4.78, 5) is 10.7. The number of piperidine rings is 2. The van der Waals surface area contributed by atoms with Crippen LogP contribution in [0.5, 0.6) is 0 Å². The lowest BCUT2D eigenvalue weighted by molar-refractivity contribution is -0.919. The van der Waals surface area contributed by atoms with E-state index in [1.54, 1.807) is 4.90 Å². The van der Waals surface area contributed by atoms with E-state index in [1.807, 2.05) is 0 Å². The maximum Gasteiger partial charge on any atom is 0.183 e. The van der Waals surface area contributed by atoms with Crippen LogP contribution in [0, 0.1) is 11.8 Å². The molecule has 0 radical (unpaired) electrons. The Labute approximate surface area is 170 Å². The third-order valence-electron chi connectivity index (χ3n) is 8.18. The fraction of sp³-hybridized carbons (Fsp3) is 1.00. The third-order valence-corrected chi connectivity index (χ3v) is 8.18. The van der Waals surface area contributed by atoms with E-state index in [4.69, 9.17) is 4.84 Å². The van der Waals surface area contributed by atoms with Gasteiger partial charge in [-0.3, -0.25) is 15.1 Å². The van der Waals surface area contributed by atoms with Crippen LogP contribution in [-0.4, -0.2) is 75.3 Å². The molecule has 7 nitrogen and oxygen atoms in total. The van der Waals surface area contributed by atoms with Gasteiger partial charge >= 0.3 is 0 Å². The number of nitrogens with zero attached hydrogens (tertiary/aromatic N) is 1. The van der Waals surface area contributed by atoms with Gasteiger partial charge in [-0.1, -0.05) is 0 Å². The zero-order chi connectivity index (χ0) is 18.8. The average molecular weight is 395 g/mol. The van der Waals surface area contributed by atoms with E-state index < -0.39 is 0 Å². The lowest BCUT2D eigenvalue weighted by atomic mass is 9.92. The summed E-state index contributed by atoms with van der Waals surface area (Å²) in [6.07, 6.45) is 11.9. The molecular formula is C21H42N6O+2. The number of hydrogen-bond acceptors (Lipinski definition) is 5. The molecule has 160 valence electrons. The summed E-state index contributed by atoms with van der Waals surface area (Å²) < 4.78 is 0. The molecule has 6 N–H and O–H groups in total. The van der Waals surface area contributed by atoms with Crippen molar-refractivity contribution in [1.82, 2.24) is 21.0 Å². The first-order valence-corrected chi connectivity index (χ1v) is 12.2. The second-order valence-corrected chi connectivity index (χ2v) is 9.97. The monoisotopic (exact) mass is 394 g/mol. The Morgan fingerprint density at radius 1 is 1.04 bits per heavy atom. The van der Waals surface area contributed by atoms with Gasteiger partial charge in [-0.25, -0.2) is 0 Å². The molecule has 0 aliphatic carbocycles. The summed E-state index contributed by atoms with van der Waals surface area (Å²) >= 11 is 0. The minimum atomic E-state index is 0.195. The first kappa shape index (κ1) is 19.7. The minimum Gasteiger partial charge on any atom is -0.331 e. The van der Waals surface area contributed by atoms with E-state index in [0.717, 1.165) is 5.92 Å². The summed E-state index contributed by atoms with van der Waals surface area (Å²) in [6, 6.07) is 0.622. The zero-order valence-corrected chi connectivity index (χ0v) is 17.5. The highest BCUT2D eigenvalue weighted by molar-refractivity contribution is 4.85.